The molecular formula is C13H36N2. The van der Waals surface area contributed by atoms with Gasteiger partial charge in [0.2, 0.25) is 0 Å². The molecule has 0 unspecified atom stereocenters. The zero-order valence-corrected chi connectivity index (χ0v) is 13.0. The Morgan fingerprint density at radius 3 is 1.20 bits per heavy atom. The Bertz CT molecular complexity index is 63.6. The molecule has 0 amide bonds. The molecule has 2 heteroatoms. The average Bonchev–Trinajstić information content (AvgIpc) is 2.33. The van der Waals surface area contributed by atoms with E-state index < -0.39 is 0 Å². The third kappa shape index (κ3) is 41.3. The summed E-state index contributed by atoms with van der Waals surface area (Å²) in [5, 5.41) is 0. The molecule has 0 aromatic carbocycles. The van der Waals surface area contributed by atoms with E-state index in [2.05, 4.69) is 37.9 Å². The lowest BCUT2D eigenvalue weighted by Crippen LogP contribution is -2.28. The van der Waals surface area contributed by atoms with Gasteiger partial charge in [0.1, 0.15) is 0 Å². The van der Waals surface area contributed by atoms with Crippen molar-refractivity contribution in [1.29, 1.82) is 0 Å². The molecule has 0 atom stereocenters. The quantitative estimate of drug-likeness (QED) is 0.714. The third-order valence-corrected chi connectivity index (χ3v) is 1.47. The smallest absolute Gasteiger partial charge is 0.0106 e. The Hall–Kier alpha value is -0.0800. The van der Waals surface area contributed by atoms with Gasteiger partial charge in [0.25, 0.3) is 0 Å². The second-order valence-electron chi connectivity index (χ2n) is 2.70. The molecule has 0 spiro atoms. The van der Waals surface area contributed by atoms with Gasteiger partial charge in [-0.15, -0.1) is 0 Å². The van der Waals surface area contributed by atoms with Crippen molar-refractivity contribution in [2.24, 2.45) is 0 Å². The zero-order valence-electron chi connectivity index (χ0n) is 13.0. The van der Waals surface area contributed by atoms with Crippen LogP contribution in [0.5, 0.6) is 0 Å². The molecule has 0 aliphatic heterocycles. The molecule has 0 aromatic rings. The average molecular weight is 220 g/mol. The standard InChI is InChI=1S/C7H18N2.3C2H6/c1-5-9(4)7-6-8(2)3;3*1-2/h5-7H2,1-4H3;3*1-2H3. The maximum atomic E-state index is 2.31. The van der Waals surface area contributed by atoms with Gasteiger partial charge >= 0.3 is 0 Å². The van der Waals surface area contributed by atoms with Gasteiger partial charge < -0.3 is 9.80 Å². The molecule has 2 nitrogen and oxygen atoms in total. The van der Waals surface area contributed by atoms with E-state index in [0.717, 1.165) is 13.1 Å². The maximum absolute atomic E-state index is 2.31. The molecule has 0 saturated carbocycles. The number of hydrogen-bond acceptors (Lipinski definition) is 2. The first-order chi connectivity index (χ1) is 7.16. The number of likely N-dealkylation sites (N-methyl/N-ethyl adjacent to an activating group) is 2. The molecule has 0 heterocycles. The van der Waals surface area contributed by atoms with Crippen LogP contribution >= 0.6 is 0 Å². The minimum Gasteiger partial charge on any atom is -0.308 e. The summed E-state index contributed by atoms with van der Waals surface area (Å²) in [5.74, 6) is 0. The van der Waals surface area contributed by atoms with E-state index in [1.807, 2.05) is 41.5 Å². The van der Waals surface area contributed by atoms with Crippen LogP contribution in [0.25, 0.3) is 0 Å². The van der Waals surface area contributed by atoms with Gasteiger partial charge in [0.15, 0.2) is 0 Å². The molecular weight excluding hydrogens is 184 g/mol. The van der Waals surface area contributed by atoms with Crippen molar-refractivity contribution in [3.05, 3.63) is 0 Å². The second-order valence-corrected chi connectivity index (χ2v) is 2.70. The molecule has 0 aliphatic rings. The van der Waals surface area contributed by atoms with Crippen LogP contribution in [0.1, 0.15) is 48.5 Å². The fourth-order valence-corrected chi connectivity index (χ4v) is 0.529. The first kappa shape index (κ1) is 24.2. The summed E-state index contributed by atoms with van der Waals surface area (Å²) in [5.41, 5.74) is 0. The lowest BCUT2D eigenvalue weighted by Gasteiger charge is -2.16. The summed E-state index contributed by atoms with van der Waals surface area (Å²) in [6.07, 6.45) is 0. The Morgan fingerprint density at radius 1 is 0.667 bits per heavy atom. The summed E-state index contributed by atoms with van der Waals surface area (Å²) in [6.45, 7) is 17.7. The Labute approximate surface area is 99.7 Å². The fourth-order valence-electron chi connectivity index (χ4n) is 0.529. The van der Waals surface area contributed by atoms with Crippen LogP contribution in [0.3, 0.4) is 0 Å². The third-order valence-electron chi connectivity index (χ3n) is 1.47. The van der Waals surface area contributed by atoms with Gasteiger partial charge in [0.05, 0.1) is 0 Å². The predicted octanol–water partition coefficient (Wildman–Crippen LogP) is 3.58. The van der Waals surface area contributed by atoms with E-state index in [4.69, 9.17) is 0 Å². The van der Waals surface area contributed by atoms with E-state index in [-0.39, 0.29) is 0 Å². The number of nitrogens with zero attached hydrogens (tertiary/aromatic N) is 2. The highest BCUT2D eigenvalue weighted by atomic mass is 15.1. The van der Waals surface area contributed by atoms with Gasteiger partial charge in [0, 0.05) is 13.1 Å². The molecule has 0 aliphatic carbocycles. The van der Waals surface area contributed by atoms with Gasteiger partial charge in [-0.05, 0) is 27.7 Å². The normalized spacial score (nSPS) is 8.00. The van der Waals surface area contributed by atoms with Crippen molar-refractivity contribution < 1.29 is 0 Å². The summed E-state index contributed by atoms with van der Waals surface area (Å²) >= 11 is 0. The van der Waals surface area contributed by atoms with Crippen molar-refractivity contribution in [3.63, 3.8) is 0 Å². The predicted molar refractivity (Wildman–Crippen MR) is 75.8 cm³/mol. The Kier molecular flexibility index (Phi) is 47.2. The molecule has 0 fully saturated rings. The summed E-state index contributed by atoms with van der Waals surface area (Å²) in [7, 11) is 6.34. The van der Waals surface area contributed by atoms with Crippen LogP contribution in [0.15, 0.2) is 0 Å². The van der Waals surface area contributed by atoms with E-state index >= 15 is 0 Å². The first-order valence-electron chi connectivity index (χ1n) is 6.50. The van der Waals surface area contributed by atoms with Crippen molar-refractivity contribution in [1.82, 2.24) is 9.80 Å². The topological polar surface area (TPSA) is 6.48 Å². The largest absolute Gasteiger partial charge is 0.308 e. The highest BCUT2D eigenvalue weighted by Crippen LogP contribution is 1.81. The van der Waals surface area contributed by atoms with E-state index in [1.165, 1.54) is 6.54 Å². The SMILES string of the molecule is CC.CC.CC.CCN(C)CCN(C)C. The molecule has 0 aromatic heterocycles. The second kappa shape index (κ2) is 29.2. The van der Waals surface area contributed by atoms with Crippen LogP contribution in [-0.2, 0) is 0 Å². The van der Waals surface area contributed by atoms with Gasteiger partial charge in [-0.25, -0.2) is 0 Å². The summed E-state index contributed by atoms with van der Waals surface area (Å²) in [4.78, 5) is 4.51. The molecule has 0 rings (SSSR count). The van der Waals surface area contributed by atoms with Gasteiger partial charge in [-0.1, -0.05) is 48.5 Å². The van der Waals surface area contributed by atoms with E-state index in [9.17, 15) is 0 Å². The minimum absolute atomic E-state index is 1.15. The number of rotatable bonds is 4. The van der Waals surface area contributed by atoms with Crippen molar-refractivity contribution in [2.75, 3.05) is 40.8 Å². The lowest BCUT2D eigenvalue weighted by atomic mass is 10.5. The monoisotopic (exact) mass is 220 g/mol. The van der Waals surface area contributed by atoms with Crippen molar-refractivity contribution >= 4 is 0 Å². The first-order valence-corrected chi connectivity index (χ1v) is 6.50. The Balaban J connectivity index is -0.0000000860. The van der Waals surface area contributed by atoms with E-state index in [1.54, 1.807) is 0 Å². The highest BCUT2D eigenvalue weighted by molar-refractivity contribution is 4.49. The molecule has 0 bridgehead atoms. The fraction of sp³-hybridized carbons (Fsp3) is 1.00. The Morgan fingerprint density at radius 2 is 1.00 bits per heavy atom. The van der Waals surface area contributed by atoms with Gasteiger partial charge in [-0.3, -0.25) is 0 Å². The van der Waals surface area contributed by atoms with Crippen LogP contribution < -0.4 is 0 Å². The van der Waals surface area contributed by atoms with Crippen molar-refractivity contribution in [2.45, 2.75) is 48.5 Å². The zero-order chi connectivity index (χ0) is 13.3. The lowest BCUT2D eigenvalue weighted by molar-refractivity contribution is 0.292. The van der Waals surface area contributed by atoms with E-state index in [0.29, 0.717) is 0 Å². The van der Waals surface area contributed by atoms with Crippen LogP contribution in [0, 0.1) is 0 Å². The molecule has 0 N–H and O–H groups in total. The molecule has 98 valence electrons. The van der Waals surface area contributed by atoms with Crippen LogP contribution in [-0.4, -0.2) is 50.6 Å². The molecule has 0 radical (unpaired) electrons. The van der Waals surface area contributed by atoms with Crippen molar-refractivity contribution in [3.8, 4) is 0 Å². The van der Waals surface area contributed by atoms with Crippen LogP contribution in [0.4, 0.5) is 0 Å². The number of hydrogen-bond donors (Lipinski definition) is 0. The van der Waals surface area contributed by atoms with Gasteiger partial charge in [-0.2, -0.15) is 0 Å². The molecule has 15 heavy (non-hydrogen) atoms. The summed E-state index contributed by atoms with van der Waals surface area (Å²) < 4.78 is 0. The van der Waals surface area contributed by atoms with Crippen LogP contribution in [0.2, 0.25) is 0 Å². The maximum Gasteiger partial charge on any atom is 0.0106 e. The highest BCUT2D eigenvalue weighted by Gasteiger charge is 1.93. The minimum atomic E-state index is 1.15. The molecule has 0 saturated heterocycles. The summed E-state index contributed by atoms with van der Waals surface area (Å²) in [6, 6.07) is 0.